The van der Waals surface area contributed by atoms with Crippen molar-refractivity contribution in [3.05, 3.63) is 35.4 Å². The lowest BCUT2D eigenvalue weighted by Gasteiger charge is -2.30. The van der Waals surface area contributed by atoms with Gasteiger partial charge in [0.1, 0.15) is 12.2 Å². The van der Waals surface area contributed by atoms with E-state index < -0.39 is 5.60 Å². The zero-order valence-electron chi connectivity index (χ0n) is 13.1. The van der Waals surface area contributed by atoms with Gasteiger partial charge in [0.05, 0.1) is 0 Å². The number of hydrogen-bond acceptors (Lipinski definition) is 3. The van der Waals surface area contributed by atoms with Crippen LogP contribution in [0, 0.1) is 11.8 Å². The van der Waals surface area contributed by atoms with Crippen LogP contribution in [0.1, 0.15) is 31.4 Å². The molecule has 1 unspecified atom stereocenters. The Hall–Kier alpha value is -1.83. The fourth-order valence-corrected chi connectivity index (χ4v) is 2.02. The van der Waals surface area contributed by atoms with Crippen LogP contribution in [0.2, 0.25) is 0 Å². The normalized spacial score (nSPS) is 13.0. The summed E-state index contributed by atoms with van der Waals surface area (Å²) >= 11 is 0. The summed E-state index contributed by atoms with van der Waals surface area (Å²) in [6.45, 7) is 4.06. The van der Waals surface area contributed by atoms with Crippen molar-refractivity contribution >= 4 is 5.91 Å². The summed E-state index contributed by atoms with van der Waals surface area (Å²) in [6, 6.07) is 7.64. The first kappa shape index (κ1) is 17.2. The minimum atomic E-state index is -0.789. The van der Waals surface area contributed by atoms with E-state index in [0.29, 0.717) is 13.0 Å². The van der Waals surface area contributed by atoms with Gasteiger partial charge in [-0.3, -0.25) is 4.79 Å². The minimum Gasteiger partial charge on any atom is -0.384 e. The summed E-state index contributed by atoms with van der Waals surface area (Å²) in [5.41, 5.74) is 1.03. The monoisotopic (exact) mass is 289 g/mol. The number of aliphatic hydroxyl groups is 1. The van der Waals surface area contributed by atoms with Crippen LogP contribution in [0.5, 0.6) is 0 Å². The Bertz CT molecular complexity index is 538. The maximum Gasteiger partial charge on any atom is 0.254 e. The lowest BCUT2D eigenvalue weighted by Crippen LogP contribution is -2.46. The largest absolute Gasteiger partial charge is 0.384 e. The van der Waals surface area contributed by atoms with Crippen LogP contribution >= 0.6 is 0 Å². The molecule has 0 aliphatic carbocycles. The molecule has 0 bridgehead atoms. The minimum absolute atomic E-state index is 0.0423. The number of ether oxygens (including phenoxy) is 1. The van der Waals surface area contributed by atoms with E-state index >= 15 is 0 Å². The molecule has 21 heavy (non-hydrogen) atoms. The first-order chi connectivity index (χ1) is 9.96. The third kappa shape index (κ3) is 4.59. The third-order valence-corrected chi connectivity index (χ3v) is 3.58. The van der Waals surface area contributed by atoms with Crippen molar-refractivity contribution in [3.8, 4) is 11.8 Å². The van der Waals surface area contributed by atoms with Crippen LogP contribution in [0.4, 0.5) is 0 Å². The molecule has 1 rings (SSSR count). The van der Waals surface area contributed by atoms with E-state index in [4.69, 9.17) is 9.84 Å². The molecular weight excluding hydrogens is 266 g/mol. The number of aliphatic hydroxyl groups excluding tert-OH is 1. The summed E-state index contributed by atoms with van der Waals surface area (Å²) in [6.07, 6.45) is 0.620. The van der Waals surface area contributed by atoms with Gasteiger partial charge < -0.3 is 14.7 Å². The Morgan fingerprint density at radius 2 is 2.19 bits per heavy atom. The van der Waals surface area contributed by atoms with E-state index in [1.807, 2.05) is 31.2 Å². The average molecular weight is 289 g/mol. The number of methoxy groups -OCH3 is 1. The predicted molar refractivity (Wildman–Crippen MR) is 82.6 cm³/mol. The van der Waals surface area contributed by atoms with Crippen molar-refractivity contribution in [2.75, 3.05) is 20.8 Å². The summed E-state index contributed by atoms with van der Waals surface area (Å²) in [4.78, 5) is 14.1. The van der Waals surface area contributed by atoms with Crippen molar-refractivity contribution in [1.82, 2.24) is 4.90 Å². The average Bonchev–Trinajstić information content (AvgIpc) is 2.51. The topological polar surface area (TPSA) is 49.8 Å². The van der Waals surface area contributed by atoms with Gasteiger partial charge in [-0.15, -0.1) is 0 Å². The van der Waals surface area contributed by atoms with Gasteiger partial charge in [0.2, 0.25) is 0 Å². The van der Waals surface area contributed by atoms with Crippen molar-refractivity contribution in [1.29, 1.82) is 0 Å². The Kier molecular flexibility index (Phi) is 6.41. The Labute approximate surface area is 126 Å². The third-order valence-electron chi connectivity index (χ3n) is 3.58. The molecule has 0 heterocycles. The number of nitrogens with zero attached hydrogens (tertiary/aromatic N) is 1. The van der Waals surface area contributed by atoms with E-state index in [1.54, 1.807) is 26.0 Å². The molecule has 1 atom stereocenters. The van der Waals surface area contributed by atoms with E-state index in [0.717, 1.165) is 11.1 Å². The summed E-state index contributed by atoms with van der Waals surface area (Å²) < 4.78 is 5.34. The predicted octanol–water partition coefficient (Wildman–Crippen LogP) is 1.80. The highest BCUT2D eigenvalue weighted by atomic mass is 16.5. The van der Waals surface area contributed by atoms with Crippen LogP contribution < -0.4 is 0 Å². The lowest BCUT2D eigenvalue weighted by molar-refractivity contribution is -0.152. The second kappa shape index (κ2) is 7.82. The number of carbonyl (C=O) groups excluding carboxylic acids is 1. The van der Waals surface area contributed by atoms with Crippen LogP contribution in [0.25, 0.3) is 0 Å². The van der Waals surface area contributed by atoms with Gasteiger partial charge >= 0.3 is 0 Å². The van der Waals surface area contributed by atoms with Gasteiger partial charge in [-0.25, -0.2) is 0 Å². The number of rotatable bonds is 5. The number of hydrogen-bond donors (Lipinski definition) is 1. The molecule has 0 aromatic heterocycles. The lowest BCUT2D eigenvalue weighted by atomic mass is 10.0. The van der Waals surface area contributed by atoms with E-state index in [1.165, 1.54) is 0 Å². The molecule has 0 aliphatic heterocycles. The zero-order chi connectivity index (χ0) is 15.9. The molecule has 0 radical (unpaired) electrons. The SMILES string of the molecule is CCC(C)(OC)C(=O)N(C)Cc1cccc(C#CCO)c1. The molecule has 1 aromatic carbocycles. The van der Waals surface area contributed by atoms with Gasteiger partial charge in [0.15, 0.2) is 0 Å². The Morgan fingerprint density at radius 3 is 2.76 bits per heavy atom. The molecule has 0 spiro atoms. The van der Waals surface area contributed by atoms with Crippen molar-refractivity contribution < 1.29 is 14.6 Å². The van der Waals surface area contributed by atoms with Crippen LogP contribution in [-0.4, -0.2) is 42.3 Å². The van der Waals surface area contributed by atoms with Crippen molar-refractivity contribution in [2.24, 2.45) is 0 Å². The van der Waals surface area contributed by atoms with Gasteiger partial charge in [0.25, 0.3) is 5.91 Å². The molecule has 0 fully saturated rings. The summed E-state index contributed by atoms with van der Waals surface area (Å²) in [5, 5.41) is 8.72. The fourth-order valence-electron chi connectivity index (χ4n) is 2.02. The molecule has 1 amide bonds. The Morgan fingerprint density at radius 1 is 1.48 bits per heavy atom. The smallest absolute Gasteiger partial charge is 0.254 e. The number of likely N-dealkylation sites (N-methyl/N-ethyl adjacent to an activating group) is 1. The molecule has 114 valence electrons. The maximum absolute atomic E-state index is 12.4. The Balaban J connectivity index is 2.83. The van der Waals surface area contributed by atoms with E-state index in [2.05, 4.69) is 11.8 Å². The van der Waals surface area contributed by atoms with Crippen LogP contribution in [0.3, 0.4) is 0 Å². The summed E-state index contributed by atoms with van der Waals surface area (Å²) in [5.74, 6) is 5.43. The maximum atomic E-state index is 12.4. The first-order valence-electron chi connectivity index (χ1n) is 6.96. The van der Waals surface area contributed by atoms with Gasteiger partial charge in [-0.05, 0) is 31.0 Å². The van der Waals surface area contributed by atoms with E-state index in [9.17, 15) is 4.79 Å². The highest BCUT2D eigenvalue weighted by Crippen LogP contribution is 2.18. The number of amides is 1. The van der Waals surface area contributed by atoms with Gasteiger partial charge in [0, 0.05) is 26.3 Å². The quantitative estimate of drug-likeness (QED) is 0.841. The zero-order valence-corrected chi connectivity index (χ0v) is 13.1. The second-order valence-corrected chi connectivity index (χ2v) is 5.11. The van der Waals surface area contributed by atoms with E-state index in [-0.39, 0.29) is 12.5 Å². The molecule has 1 N–H and O–H groups in total. The highest BCUT2D eigenvalue weighted by molar-refractivity contribution is 5.84. The standard InChI is InChI=1S/C17H23NO3/c1-5-17(2,21-4)16(20)18(3)13-15-9-6-8-14(12-15)10-7-11-19/h6,8-9,12,19H,5,11,13H2,1-4H3. The van der Waals surface area contributed by atoms with Crippen LogP contribution in [0.15, 0.2) is 24.3 Å². The second-order valence-electron chi connectivity index (χ2n) is 5.11. The van der Waals surface area contributed by atoms with Crippen molar-refractivity contribution in [3.63, 3.8) is 0 Å². The molecule has 4 nitrogen and oxygen atoms in total. The fraction of sp³-hybridized carbons (Fsp3) is 0.471. The number of benzene rings is 1. The number of carbonyl (C=O) groups is 1. The molecule has 0 aliphatic rings. The molecule has 4 heteroatoms. The molecule has 1 aromatic rings. The molecule has 0 saturated heterocycles. The first-order valence-corrected chi connectivity index (χ1v) is 6.96. The van der Waals surface area contributed by atoms with Crippen LogP contribution in [-0.2, 0) is 16.1 Å². The molecule has 0 saturated carbocycles. The van der Waals surface area contributed by atoms with Crippen molar-refractivity contribution in [2.45, 2.75) is 32.4 Å². The van der Waals surface area contributed by atoms with Gasteiger partial charge in [-0.2, -0.15) is 0 Å². The van der Waals surface area contributed by atoms with Gasteiger partial charge in [-0.1, -0.05) is 30.9 Å². The molecular formula is C17H23NO3. The summed E-state index contributed by atoms with van der Waals surface area (Å²) in [7, 11) is 3.32. The highest BCUT2D eigenvalue weighted by Gasteiger charge is 2.33.